The van der Waals surface area contributed by atoms with Gasteiger partial charge in [-0.1, -0.05) is 13.8 Å². The lowest BCUT2D eigenvalue weighted by Crippen LogP contribution is -2.35. The number of carboxylic acid groups (broad SMARTS) is 1. The molecule has 110 valence electrons. The molecule has 5 heteroatoms. The fourth-order valence-corrected chi connectivity index (χ4v) is 3.83. The van der Waals surface area contributed by atoms with Gasteiger partial charge in [-0.15, -0.1) is 11.3 Å². The molecule has 0 fully saturated rings. The number of hydrogen-bond acceptors (Lipinski definition) is 3. The summed E-state index contributed by atoms with van der Waals surface area (Å²) < 4.78 is 0. The van der Waals surface area contributed by atoms with Crippen LogP contribution in [0.5, 0.6) is 0 Å². The SMILES string of the molecule is CCCN(CC(=O)O)C(=O)c1cc2c(s1)CCC(C)C2. The zero-order valence-corrected chi connectivity index (χ0v) is 12.8. The van der Waals surface area contributed by atoms with Crippen molar-refractivity contribution in [2.24, 2.45) is 5.92 Å². The number of nitrogens with zero attached hydrogens (tertiary/aromatic N) is 1. The van der Waals surface area contributed by atoms with Crippen LogP contribution >= 0.6 is 11.3 Å². The molecule has 0 aromatic carbocycles. The van der Waals surface area contributed by atoms with Gasteiger partial charge in [0.15, 0.2) is 0 Å². The summed E-state index contributed by atoms with van der Waals surface area (Å²) in [6.45, 7) is 4.45. The molecular weight excluding hydrogens is 274 g/mol. The number of rotatable bonds is 5. The molecule has 1 aliphatic carbocycles. The van der Waals surface area contributed by atoms with Gasteiger partial charge in [0.2, 0.25) is 0 Å². The van der Waals surface area contributed by atoms with E-state index in [0.29, 0.717) is 17.3 Å². The zero-order chi connectivity index (χ0) is 14.7. The Balaban J connectivity index is 2.17. The minimum Gasteiger partial charge on any atom is -0.480 e. The van der Waals surface area contributed by atoms with Gasteiger partial charge in [-0.3, -0.25) is 9.59 Å². The first-order valence-electron chi connectivity index (χ1n) is 7.14. The molecule has 1 aromatic rings. The normalized spacial score (nSPS) is 17.6. The summed E-state index contributed by atoms with van der Waals surface area (Å²) in [5.74, 6) is -0.422. The lowest BCUT2D eigenvalue weighted by molar-refractivity contribution is -0.137. The maximum absolute atomic E-state index is 12.4. The molecule has 1 aliphatic rings. The number of amides is 1. The summed E-state index contributed by atoms with van der Waals surface area (Å²) in [7, 11) is 0. The summed E-state index contributed by atoms with van der Waals surface area (Å²) >= 11 is 1.54. The second-order valence-electron chi connectivity index (χ2n) is 5.53. The molecule has 20 heavy (non-hydrogen) atoms. The van der Waals surface area contributed by atoms with Gasteiger partial charge < -0.3 is 10.0 Å². The van der Waals surface area contributed by atoms with Crippen molar-refractivity contribution >= 4 is 23.2 Å². The number of carboxylic acids is 1. The highest BCUT2D eigenvalue weighted by Crippen LogP contribution is 2.32. The first-order valence-corrected chi connectivity index (χ1v) is 7.95. The number of fused-ring (bicyclic) bond motifs is 1. The first-order chi connectivity index (χ1) is 9.51. The van der Waals surface area contributed by atoms with Crippen molar-refractivity contribution in [2.45, 2.75) is 39.5 Å². The number of carbonyl (C=O) groups is 2. The number of aryl methyl sites for hydroxylation is 1. The molecule has 4 nitrogen and oxygen atoms in total. The summed E-state index contributed by atoms with van der Waals surface area (Å²) in [6.07, 6.45) is 4.02. The van der Waals surface area contributed by atoms with Crippen molar-refractivity contribution in [3.63, 3.8) is 0 Å². The fourth-order valence-electron chi connectivity index (χ4n) is 2.65. The quantitative estimate of drug-likeness (QED) is 0.908. The summed E-state index contributed by atoms with van der Waals surface area (Å²) in [5, 5.41) is 8.91. The van der Waals surface area contributed by atoms with Crippen LogP contribution in [-0.4, -0.2) is 35.0 Å². The van der Waals surface area contributed by atoms with Crippen molar-refractivity contribution < 1.29 is 14.7 Å². The Labute approximate surface area is 123 Å². The second kappa shape index (κ2) is 6.39. The maximum Gasteiger partial charge on any atom is 0.323 e. The van der Waals surface area contributed by atoms with Crippen LogP contribution in [0, 0.1) is 5.92 Å². The lowest BCUT2D eigenvalue weighted by atomic mass is 9.90. The molecule has 0 saturated carbocycles. The Hall–Kier alpha value is -1.36. The smallest absolute Gasteiger partial charge is 0.323 e. The monoisotopic (exact) mass is 295 g/mol. The van der Waals surface area contributed by atoms with E-state index < -0.39 is 5.97 Å². The number of hydrogen-bond donors (Lipinski definition) is 1. The Morgan fingerprint density at radius 1 is 1.50 bits per heavy atom. The molecule has 0 bridgehead atoms. The lowest BCUT2D eigenvalue weighted by Gasteiger charge is -2.18. The molecule has 1 unspecified atom stereocenters. The van der Waals surface area contributed by atoms with Crippen molar-refractivity contribution in [1.29, 1.82) is 0 Å². The van der Waals surface area contributed by atoms with E-state index in [9.17, 15) is 9.59 Å². The number of aliphatic carboxylic acids is 1. The van der Waals surface area contributed by atoms with E-state index in [0.717, 1.165) is 19.3 Å². The Bertz CT molecular complexity index is 509. The third kappa shape index (κ3) is 3.39. The minimum atomic E-state index is -0.957. The third-order valence-corrected chi connectivity index (χ3v) is 4.87. The van der Waals surface area contributed by atoms with Gasteiger partial charge in [0.25, 0.3) is 5.91 Å². The fraction of sp³-hybridized carbons (Fsp3) is 0.600. The minimum absolute atomic E-state index is 0.138. The topological polar surface area (TPSA) is 57.6 Å². The van der Waals surface area contributed by atoms with Gasteiger partial charge in [-0.25, -0.2) is 0 Å². The van der Waals surface area contributed by atoms with Gasteiger partial charge in [-0.2, -0.15) is 0 Å². The molecule has 1 aromatic heterocycles. The van der Waals surface area contributed by atoms with Crippen molar-refractivity contribution in [1.82, 2.24) is 4.90 Å². The summed E-state index contributed by atoms with van der Waals surface area (Å²) in [5.41, 5.74) is 1.28. The molecule has 1 amide bonds. The second-order valence-corrected chi connectivity index (χ2v) is 6.66. The highest BCUT2D eigenvalue weighted by Gasteiger charge is 2.24. The van der Waals surface area contributed by atoms with Crippen molar-refractivity contribution in [3.8, 4) is 0 Å². The molecular formula is C15H21NO3S. The van der Waals surface area contributed by atoms with Gasteiger partial charge in [-0.05, 0) is 43.2 Å². The molecule has 1 heterocycles. The zero-order valence-electron chi connectivity index (χ0n) is 12.0. The van der Waals surface area contributed by atoms with Gasteiger partial charge in [0.1, 0.15) is 6.54 Å². The van der Waals surface area contributed by atoms with Crippen LogP contribution in [0.1, 0.15) is 46.8 Å². The molecule has 2 rings (SSSR count). The Morgan fingerprint density at radius 2 is 2.25 bits per heavy atom. The van der Waals surface area contributed by atoms with E-state index >= 15 is 0 Å². The summed E-state index contributed by atoms with van der Waals surface area (Å²) in [6, 6.07) is 1.97. The van der Waals surface area contributed by atoms with Crippen LogP contribution in [0.25, 0.3) is 0 Å². The van der Waals surface area contributed by atoms with E-state index in [1.54, 1.807) is 11.3 Å². The van der Waals surface area contributed by atoms with Crippen LogP contribution in [0.3, 0.4) is 0 Å². The van der Waals surface area contributed by atoms with Crippen LogP contribution in [0.2, 0.25) is 0 Å². The first kappa shape index (κ1) is 15.0. The third-order valence-electron chi connectivity index (χ3n) is 3.65. The largest absolute Gasteiger partial charge is 0.480 e. The van der Waals surface area contributed by atoms with Gasteiger partial charge in [0, 0.05) is 11.4 Å². The maximum atomic E-state index is 12.4. The molecule has 0 radical (unpaired) electrons. The van der Waals surface area contributed by atoms with Crippen LogP contribution in [0.4, 0.5) is 0 Å². The van der Waals surface area contributed by atoms with Crippen molar-refractivity contribution in [2.75, 3.05) is 13.1 Å². The Kier molecular flexibility index (Phi) is 4.81. The van der Waals surface area contributed by atoms with E-state index in [1.165, 1.54) is 21.8 Å². The average molecular weight is 295 g/mol. The predicted octanol–water partition coefficient (Wildman–Crippen LogP) is 2.81. The van der Waals surface area contributed by atoms with Crippen LogP contribution in [0.15, 0.2) is 6.07 Å². The molecule has 1 atom stereocenters. The highest BCUT2D eigenvalue weighted by molar-refractivity contribution is 7.14. The van der Waals surface area contributed by atoms with Gasteiger partial charge in [0.05, 0.1) is 4.88 Å². The van der Waals surface area contributed by atoms with E-state index in [-0.39, 0.29) is 12.5 Å². The number of thiophene rings is 1. The van der Waals surface area contributed by atoms with E-state index in [4.69, 9.17) is 5.11 Å². The van der Waals surface area contributed by atoms with E-state index in [1.807, 2.05) is 13.0 Å². The molecule has 0 aliphatic heterocycles. The average Bonchev–Trinajstić information content (AvgIpc) is 2.79. The highest BCUT2D eigenvalue weighted by atomic mass is 32.1. The van der Waals surface area contributed by atoms with Crippen LogP contribution in [-0.2, 0) is 17.6 Å². The van der Waals surface area contributed by atoms with Crippen molar-refractivity contribution in [3.05, 3.63) is 21.4 Å². The number of carbonyl (C=O) groups excluding carboxylic acids is 1. The standard InChI is InChI=1S/C15H21NO3S/c1-3-6-16(9-14(17)18)15(19)13-8-11-7-10(2)4-5-12(11)20-13/h8,10H,3-7,9H2,1-2H3,(H,17,18). The molecule has 0 spiro atoms. The van der Waals surface area contributed by atoms with E-state index in [2.05, 4.69) is 6.92 Å². The predicted molar refractivity (Wildman–Crippen MR) is 79.3 cm³/mol. The van der Waals surface area contributed by atoms with Crippen LogP contribution < -0.4 is 0 Å². The van der Waals surface area contributed by atoms with Gasteiger partial charge >= 0.3 is 5.97 Å². The molecule has 1 N–H and O–H groups in total. The summed E-state index contributed by atoms with van der Waals surface area (Å²) in [4.78, 5) is 26.7. The Morgan fingerprint density at radius 3 is 2.90 bits per heavy atom. The molecule has 0 saturated heterocycles.